The Kier molecular flexibility index (Phi) is 7.36. The quantitative estimate of drug-likeness (QED) is 0.644. The van der Waals surface area contributed by atoms with Gasteiger partial charge in [-0.1, -0.05) is 29.6 Å². The fourth-order valence-corrected chi connectivity index (χ4v) is 4.82. The van der Waals surface area contributed by atoms with Crippen LogP contribution in [0.4, 0.5) is 5.69 Å². The predicted octanol–water partition coefficient (Wildman–Crippen LogP) is 3.96. The number of amides is 1. The minimum atomic E-state index is -3.57. The van der Waals surface area contributed by atoms with E-state index in [2.05, 4.69) is 5.32 Å². The van der Waals surface area contributed by atoms with Crippen molar-refractivity contribution in [3.63, 3.8) is 0 Å². The van der Waals surface area contributed by atoms with Crippen molar-refractivity contribution in [2.75, 3.05) is 25.0 Å². The molecule has 7 nitrogen and oxygen atoms in total. The van der Waals surface area contributed by atoms with E-state index < -0.39 is 28.5 Å². The number of carbonyl (C=O) groups excluding carboxylic acids is 2. The first kappa shape index (κ1) is 22.6. The summed E-state index contributed by atoms with van der Waals surface area (Å²) in [4.78, 5) is 24.2. The zero-order valence-corrected chi connectivity index (χ0v) is 18.3. The first-order valence-corrected chi connectivity index (χ1v) is 11.5. The Balaban J connectivity index is 1.56. The van der Waals surface area contributed by atoms with Gasteiger partial charge in [0.05, 0.1) is 20.5 Å². The number of benzene rings is 2. The molecule has 0 aromatic heterocycles. The van der Waals surface area contributed by atoms with Crippen molar-refractivity contribution in [1.82, 2.24) is 4.31 Å². The maximum absolute atomic E-state index is 12.6. The van der Waals surface area contributed by atoms with Crippen molar-refractivity contribution >= 4 is 50.8 Å². The van der Waals surface area contributed by atoms with Gasteiger partial charge in [-0.25, -0.2) is 13.2 Å². The highest BCUT2D eigenvalue weighted by molar-refractivity contribution is 7.89. The minimum Gasteiger partial charge on any atom is -0.452 e. The Hall–Kier alpha value is -2.13. The van der Waals surface area contributed by atoms with Crippen LogP contribution < -0.4 is 5.32 Å². The van der Waals surface area contributed by atoms with Crippen molar-refractivity contribution in [1.29, 1.82) is 0 Å². The van der Waals surface area contributed by atoms with Crippen LogP contribution in [0, 0.1) is 0 Å². The molecule has 2 aromatic carbocycles. The van der Waals surface area contributed by atoms with Crippen LogP contribution in [-0.4, -0.2) is 44.3 Å². The van der Waals surface area contributed by atoms with E-state index in [1.807, 2.05) is 0 Å². The molecule has 0 bridgehead atoms. The van der Waals surface area contributed by atoms with Crippen molar-refractivity contribution in [2.24, 2.45) is 0 Å². The lowest BCUT2D eigenvalue weighted by Gasteiger charge is -2.25. The van der Waals surface area contributed by atoms with Gasteiger partial charge in [0.1, 0.15) is 0 Å². The minimum absolute atomic E-state index is 0.123. The number of ether oxygens (including phenoxy) is 1. The summed E-state index contributed by atoms with van der Waals surface area (Å²) >= 11 is 11.7. The van der Waals surface area contributed by atoms with Gasteiger partial charge in [0, 0.05) is 18.8 Å². The van der Waals surface area contributed by atoms with Gasteiger partial charge >= 0.3 is 5.97 Å². The highest BCUT2D eigenvalue weighted by atomic mass is 35.5. The first-order valence-electron chi connectivity index (χ1n) is 9.29. The summed E-state index contributed by atoms with van der Waals surface area (Å²) in [7, 11) is -3.57. The second kappa shape index (κ2) is 9.78. The van der Waals surface area contributed by atoms with Crippen LogP contribution in [0.15, 0.2) is 47.4 Å². The summed E-state index contributed by atoms with van der Waals surface area (Å²) in [5, 5.41) is 3.18. The molecule has 1 N–H and O–H groups in total. The molecule has 3 rings (SSSR count). The van der Waals surface area contributed by atoms with Crippen molar-refractivity contribution in [2.45, 2.75) is 24.2 Å². The van der Waals surface area contributed by atoms with Crippen LogP contribution in [0.2, 0.25) is 10.0 Å². The zero-order valence-electron chi connectivity index (χ0n) is 15.9. The number of halogens is 2. The van der Waals surface area contributed by atoms with Crippen LogP contribution >= 0.6 is 23.2 Å². The molecule has 1 aliphatic rings. The van der Waals surface area contributed by atoms with Gasteiger partial charge in [0.2, 0.25) is 10.0 Å². The Morgan fingerprint density at radius 1 is 0.967 bits per heavy atom. The number of nitrogens with one attached hydrogen (secondary N) is 1. The van der Waals surface area contributed by atoms with Gasteiger partial charge in [-0.15, -0.1) is 0 Å². The van der Waals surface area contributed by atoms with E-state index in [0.29, 0.717) is 23.8 Å². The number of anilines is 1. The Morgan fingerprint density at radius 2 is 1.63 bits per heavy atom. The molecule has 1 amide bonds. The zero-order chi connectivity index (χ0) is 21.7. The van der Waals surface area contributed by atoms with E-state index in [4.69, 9.17) is 27.9 Å². The van der Waals surface area contributed by atoms with Crippen LogP contribution in [0.3, 0.4) is 0 Å². The molecule has 0 unspecified atom stereocenters. The normalized spacial score (nSPS) is 14.9. The van der Waals surface area contributed by atoms with Gasteiger partial charge in [-0.05, 0) is 55.3 Å². The van der Waals surface area contributed by atoms with E-state index in [-0.39, 0.29) is 15.5 Å². The largest absolute Gasteiger partial charge is 0.452 e. The number of rotatable bonds is 6. The lowest BCUT2D eigenvalue weighted by atomic mass is 10.2. The summed E-state index contributed by atoms with van der Waals surface area (Å²) in [6.07, 6.45) is 2.71. The summed E-state index contributed by atoms with van der Waals surface area (Å²) in [5.41, 5.74) is 0.563. The summed E-state index contributed by atoms with van der Waals surface area (Å²) < 4.78 is 31.7. The van der Waals surface area contributed by atoms with Crippen LogP contribution in [0.5, 0.6) is 0 Å². The Bertz CT molecular complexity index is 1040. The molecule has 0 radical (unpaired) electrons. The third-order valence-electron chi connectivity index (χ3n) is 4.58. The number of nitrogens with zero attached hydrogens (tertiary/aromatic N) is 1. The van der Waals surface area contributed by atoms with Crippen molar-refractivity contribution in [3.8, 4) is 0 Å². The molecule has 10 heteroatoms. The molecule has 1 aliphatic heterocycles. The highest BCUT2D eigenvalue weighted by Crippen LogP contribution is 2.25. The van der Waals surface area contributed by atoms with Gasteiger partial charge < -0.3 is 10.1 Å². The Morgan fingerprint density at radius 3 is 2.27 bits per heavy atom. The van der Waals surface area contributed by atoms with Crippen molar-refractivity contribution in [3.05, 3.63) is 58.1 Å². The van der Waals surface area contributed by atoms with E-state index >= 15 is 0 Å². The number of esters is 1. The number of piperidine rings is 1. The fraction of sp³-hybridized carbons (Fsp3) is 0.300. The van der Waals surface area contributed by atoms with Gasteiger partial charge in [0.25, 0.3) is 5.91 Å². The standard InChI is InChI=1S/C20H20Cl2N2O5S/c21-17-9-6-15(12-18(17)22)23-19(25)13-29-20(26)14-4-7-16(8-5-14)30(27,28)24-10-2-1-3-11-24/h4-9,12H,1-3,10-11,13H2,(H,23,25). The average molecular weight is 471 g/mol. The van der Waals surface area contributed by atoms with E-state index in [9.17, 15) is 18.0 Å². The molecule has 0 aliphatic carbocycles. The molecule has 1 saturated heterocycles. The third kappa shape index (κ3) is 5.51. The fourth-order valence-electron chi connectivity index (χ4n) is 3.00. The summed E-state index contributed by atoms with van der Waals surface area (Å²) in [6, 6.07) is 10.1. The summed E-state index contributed by atoms with van der Waals surface area (Å²) in [5.74, 6) is -1.28. The van der Waals surface area contributed by atoms with Crippen LogP contribution in [-0.2, 0) is 19.6 Å². The maximum atomic E-state index is 12.6. The van der Waals surface area contributed by atoms with Gasteiger partial charge in [0.15, 0.2) is 6.61 Å². The molecule has 0 spiro atoms. The topological polar surface area (TPSA) is 92.8 Å². The molecule has 0 saturated carbocycles. The second-order valence-electron chi connectivity index (χ2n) is 6.74. The third-order valence-corrected chi connectivity index (χ3v) is 7.23. The average Bonchev–Trinajstić information content (AvgIpc) is 2.75. The lowest BCUT2D eigenvalue weighted by molar-refractivity contribution is -0.119. The number of hydrogen-bond acceptors (Lipinski definition) is 5. The molecule has 0 atom stereocenters. The smallest absolute Gasteiger partial charge is 0.338 e. The van der Waals surface area contributed by atoms with Gasteiger partial charge in [-0.3, -0.25) is 4.79 Å². The number of carbonyl (C=O) groups is 2. The highest BCUT2D eigenvalue weighted by Gasteiger charge is 2.26. The SMILES string of the molecule is O=C(COC(=O)c1ccc(S(=O)(=O)N2CCCCC2)cc1)Nc1ccc(Cl)c(Cl)c1. The monoisotopic (exact) mass is 470 g/mol. The van der Waals surface area contributed by atoms with E-state index in [0.717, 1.165) is 19.3 Å². The molecule has 2 aromatic rings. The second-order valence-corrected chi connectivity index (χ2v) is 9.49. The van der Waals surface area contributed by atoms with Crippen LogP contribution in [0.1, 0.15) is 29.6 Å². The molecular formula is C20H20Cl2N2O5S. The molecule has 1 heterocycles. The maximum Gasteiger partial charge on any atom is 0.338 e. The van der Waals surface area contributed by atoms with E-state index in [1.54, 1.807) is 6.07 Å². The number of sulfonamides is 1. The lowest BCUT2D eigenvalue weighted by Crippen LogP contribution is -2.35. The molecular weight excluding hydrogens is 451 g/mol. The summed E-state index contributed by atoms with van der Waals surface area (Å²) in [6.45, 7) is 0.493. The molecule has 1 fully saturated rings. The predicted molar refractivity (Wildman–Crippen MR) is 114 cm³/mol. The Labute approximate surface area is 185 Å². The van der Waals surface area contributed by atoms with Crippen LogP contribution in [0.25, 0.3) is 0 Å². The van der Waals surface area contributed by atoms with Crippen molar-refractivity contribution < 1.29 is 22.7 Å². The first-order chi connectivity index (χ1) is 14.3. The van der Waals surface area contributed by atoms with Gasteiger partial charge in [-0.2, -0.15) is 4.31 Å². The number of hydrogen-bond donors (Lipinski definition) is 1. The molecule has 160 valence electrons. The van der Waals surface area contributed by atoms with E-state index in [1.165, 1.54) is 40.7 Å². The molecule has 30 heavy (non-hydrogen) atoms.